The Morgan fingerprint density at radius 2 is 1.75 bits per heavy atom. The molecule has 0 unspecified atom stereocenters. The van der Waals surface area contributed by atoms with Gasteiger partial charge < -0.3 is 15.0 Å². The molecule has 0 bridgehead atoms. The third-order valence-corrected chi connectivity index (χ3v) is 6.27. The number of hydrogen-bond acceptors (Lipinski definition) is 3. The van der Waals surface area contributed by atoms with E-state index in [0.717, 1.165) is 5.56 Å². The second-order valence-electron chi connectivity index (χ2n) is 8.39. The first-order chi connectivity index (χ1) is 17.1. The van der Waals surface area contributed by atoms with Crippen LogP contribution in [0.25, 0.3) is 0 Å². The van der Waals surface area contributed by atoms with Crippen LogP contribution in [0.3, 0.4) is 0 Å². The summed E-state index contributed by atoms with van der Waals surface area (Å²) >= 11 is 0. The van der Waals surface area contributed by atoms with E-state index in [2.05, 4.69) is 5.32 Å². The smallest absolute Gasteiger partial charge is 0.325 e. The summed E-state index contributed by atoms with van der Waals surface area (Å²) in [5.41, 5.74) is 0.988. The number of halogens is 4. The number of benzene rings is 3. The van der Waals surface area contributed by atoms with Crippen LogP contribution in [-0.4, -0.2) is 31.0 Å². The van der Waals surface area contributed by atoms with E-state index >= 15 is 0 Å². The third kappa shape index (κ3) is 4.58. The number of fused-ring (bicyclic) bond motifs is 1. The average molecular weight is 501 g/mol. The zero-order chi connectivity index (χ0) is 26.1. The van der Waals surface area contributed by atoms with Gasteiger partial charge >= 0.3 is 6.03 Å². The molecule has 3 amide bonds. The molecule has 10 heteroatoms. The number of nitrogens with zero attached hydrogens (tertiary/aromatic N) is 2. The number of amides is 3. The highest BCUT2D eigenvalue weighted by Crippen LogP contribution is 2.37. The molecule has 0 aliphatic carbocycles. The molecule has 4 rings (SSSR count). The number of rotatable bonds is 6. The van der Waals surface area contributed by atoms with Gasteiger partial charge in [0.15, 0.2) is 11.6 Å². The van der Waals surface area contributed by atoms with E-state index in [-0.39, 0.29) is 29.5 Å². The number of ether oxygens (including phenoxy) is 1. The van der Waals surface area contributed by atoms with Crippen LogP contribution in [0.2, 0.25) is 0 Å². The Hall–Kier alpha value is -4.08. The molecule has 3 aromatic carbocycles. The summed E-state index contributed by atoms with van der Waals surface area (Å²) in [4.78, 5) is 28.8. The fourth-order valence-corrected chi connectivity index (χ4v) is 4.11. The van der Waals surface area contributed by atoms with Crippen molar-refractivity contribution in [1.29, 1.82) is 0 Å². The van der Waals surface area contributed by atoms with Crippen LogP contribution < -0.4 is 15.0 Å². The second-order valence-corrected chi connectivity index (χ2v) is 8.39. The van der Waals surface area contributed by atoms with Crippen LogP contribution in [0.4, 0.5) is 28.0 Å². The first-order valence-corrected chi connectivity index (χ1v) is 11.0. The molecule has 3 aromatic rings. The van der Waals surface area contributed by atoms with E-state index in [1.807, 2.05) is 6.92 Å². The highest BCUT2D eigenvalue weighted by molar-refractivity contribution is 5.99. The van der Waals surface area contributed by atoms with Crippen LogP contribution in [-0.2, 0) is 13.1 Å². The number of anilines is 1. The third-order valence-electron chi connectivity index (χ3n) is 6.27. The molecule has 0 fully saturated rings. The molecule has 1 aliphatic heterocycles. The van der Waals surface area contributed by atoms with Crippen LogP contribution in [0.15, 0.2) is 48.5 Å². The number of hydrogen-bond donors (Lipinski definition) is 1. The van der Waals surface area contributed by atoms with Crippen molar-refractivity contribution in [2.75, 3.05) is 19.1 Å². The van der Waals surface area contributed by atoms with Crippen molar-refractivity contribution in [3.8, 4) is 5.75 Å². The first kappa shape index (κ1) is 25.0. The molecule has 1 N–H and O–H groups in total. The van der Waals surface area contributed by atoms with Gasteiger partial charge in [-0.05, 0) is 30.7 Å². The van der Waals surface area contributed by atoms with Gasteiger partial charge in [-0.3, -0.25) is 9.69 Å². The quantitative estimate of drug-likeness (QED) is 0.466. The van der Waals surface area contributed by atoms with Gasteiger partial charge in [-0.15, -0.1) is 0 Å². The molecule has 0 radical (unpaired) electrons. The molecule has 6 nitrogen and oxygen atoms in total. The number of methoxy groups -OCH3 is 1. The SMILES string of the molecule is COc1cccc(CN2C(=O)N(C)[C@@H](C)c3ccc(C(=O)NCc4c(F)cc(F)cc4F)cc32)c1F. The number of urea groups is 1. The van der Waals surface area contributed by atoms with Crippen molar-refractivity contribution >= 4 is 17.6 Å². The largest absolute Gasteiger partial charge is 0.494 e. The summed E-state index contributed by atoms with van der Waals surface area (Å²) < 4.78 is 60.9. The summed E-state index contributed by atoms with van der Waals surface area (Å²) in [6, 6.07) is 9.62. The highest BCUT2D eigenvalue weighted by atomic mass is 19.1. The molecule has 1 heterocycles. The van der Waals surface area contributed by atoms with E-state index < -0.39 is 47.3 Å². The fraction of sp³-hybridized carbons (Fsp3) is 0.231. The van der Waals surface area contributed by atoms with E-state index in [9.17, 15) is 27.2 Å². The molecule has 0 saturated heterocycles. The lowest BCUT2D eigenvalue weighted by molar-refractivity contribution is 0.0950. The van der Waals surface area contributed by atoms with Gasteiger partial charge in [0.1, 0.15) is 17.5 Å². The van der Waals surface area contributed by atoms with Crippen LogP contribution >= 0.6 is 0 Å². The predicted octanol–water partition coefficient (Wildman–Crippen LogP) is 5.31. The summed E-state index contributed by atoms with van der Waals surface area (Å²) in [6.45, 7) is 1.19. The van der Waals surface area contributed by atoms with Crippen molar-refractivity contribution in [3.63, 3.8) is 0 Å². The molecular weight excluding hydrogens is 478 g/mol. The van der Waals surface area contributed by atoms with E-state index in [4.69, 9.17) is 4.74 Å². The maximum atomic E-state index is 14.8. The van der Waals surface area contributed by atoms with Gasteiger partial charge in [0.2, 0.25) is 0 Å². The minimum Gasteiger partial charge on any atom is -0.494 e. The molecule has 188 valence electrons. The van der Waals surface area contributed by atoms with Crippen molar-refractivity contribution in [1.82, 2.24) is 10.2 Å². The van der Waals surface area contributed by atoms with Gasteiger partial charge in [-0.1, -0.05) is 18.2 Å². The molecule has 0 spiro atoms. The molecule has 36 heavy (non-hydrogen) atoms. The van der Waals surface area contributed by atoms with Gasteiger partial charge in [0.25, 0.3) is 5.91 Å². The summed E-state index contributed by atoms with van der Waals surface area (Å²) in [6.07, 6.45) is 0. The Labute approximate surface area is 205 Å². The molecule has 1 aliphatic rings. The van der Waals surface area contributed by atoms with Crippen molar-refractivity contribution in [2.45, 2.75) is 26.1 Å². The number of carbonyl (C=O) groups is 2. The lowest BCUT2D eigenvalue weighted by Gasteiger charge is -2.39. The molecular formula is C26H23F4N3O3. The van der Waals surface area contributed by atoms with Crippen molar-refractivity contribution in [3.05, 3.63) is 94.1 Å². The summed E-state index contributed by atoms with van der Waals surface area (Å²) in [5, 5.41) is 2.41. The fourth-order valence-electron chi connectivity index (χ4n) is 4.11. The van der Waals surface area contributed by atoms with Crippen LogP contribution in [0.5, 0.6) is 5.75 Å². The molecule has 1 atom stereocenters. The average Bonchev–Trinajstić information content (AvgIpc) is 2.85. The van der Waals surface area contributed by atoms with Gasteiger partial charge in [0, 0.05) is 42.4 Å². The Bertz CT molecular complexity index is 1320. The van der Waals surface area contributed by atoms with Crippen LogP contribution in [0, 0.1) is 23.3 Å². The monoisotopic (exact) mass is 501 g/mol. The highest BCUT2D eigenvalue weighted by Gasteiger charge is 2.34. The second kappa shape index (κ2) is 9.88. The van der Waals surface area contributed by atoms with Gasteiger partial charge in [-0.25, -0.2) is 22.4 Å². The lowest BCUT2D eigenvalue weighted by Crippen LogP contribution is -2.46. The minimum absolute atomic E-state index is 0.0345. The predicted molar refractivity (Wildman–Crippen MR) is 125 cm³/mol. The van der Waals surface area contributed by atoms with E-state index in [0.29, 0.717) is 17.8 Å². The maximum Gasteiger partial charge on any atom is 0.325 e. The first-order valence-electron chi connectivity index (χ1n) is 11.0. The topological polar surface area (TPSA) is 61.9 Å². The van der Waals surface area contributed by atoms with Gasteiger partial charge in [0.05, 0.1) is 25.4 Å². The standard InChI is InChI=1S/C26H23F4N3O3/c1-14-18-8-7-15(25(34)31-12-19-20(28)10-17(27)11-21(19)29)9-22(18)33(26(35)32(14)2)13-16-5-4-6-23(36-3)24(16)30/h4-11,14H,12-13H2,1-3H3,(H,31,34)/t14-/m0/s1. The van der Waals surface area contributed by atoms with Crippen molar-refractivity contribution in [2.24, 2.45) is 0 Å². The van der Waals surface area contributed by atoms with E-state index in [1.54, 1.807) is 19.2 Å². The van der Waals surface area contributed by atoms with E-state index in [1.165, 1.54) is 41.2 Å². The Morgan fingerprint density at radius 3 is 2.42 bits per heavy atom. The zero-order valence-electron chi connectivity index (χ0n) is 19.7. The Kier molecular flexibility index (Phi) is 6.87. The summed E-state index contributed by atoms with van der Waals surface area (Å²) in [5.74, 6) is -4.53. The maximum absolute atomic E-state index is 14.8. The molecule has 0 saturated carbocycles. The molecule has 0 aromatic heterocycles. The Balaban J connectivity index is 1.65. The minimum atomic E-state index is -1.12. The normalized spacial score (nSPS) is 15.1. The van der Waals surface area contributed by atoms with Gasteiger partial charge in [-0.2, -0.15) is 0 Å². The van der Waals surface area contributed by atoms with Crippen LogP contribution in [0.1, 0.15) is 40.0 Å². The summed E-state index contributed by atoms with van der Waals surface area (Å²) in [7, 11) is 2.96. The van der Waals surface area contributed by atoms with Crippen molar-refractivity contribution < 1.29 is 31.9 Å². The number of nitrogens with one attached hydrogen (secondary N) is 1. The number of carbonyl (C=O) groups excluding carboxylic acids is 2. The lowest BCUT2D eigenvalue weighted by atomic mass is 9.98. The zero-order valence-corrected chi connectivity index (χ0v) is 19.7. The Morgan fingerprint density at radius 1 is 1.06 bits per heavy atom.